The molecular formula is C32H35BrN6O4. The highest BCUT2D eigenvalue weighted by atomic mass is 79.9. The summed E-state index contributed by atoms with van der Waals surface area (Å²) in [5.41, 5.74) is 4.71. The average molecular weight is 648 g/mol. The van der Waals surface area contributed by atoms with Crippen LogP contribution in [0.2, 0.25) is 0 Å². The molecule has 1 atom stereocenters. The number of anilines is 2. The molecule has 2 N–H and O–H groups in total. The number of halogens is 1. The molecule has 1 unspecified atom stereocenters. The number of nitrogens with zero attached hydrogens (tertiary/aromatic N) is 4. The Morgan fingerprint density at radius 2 is 1.81 bits per heavy atom. The van der Waals surface area contributed by atoms with Gasteiger partial charge in [0.05, 0.1) is 29.4 Å². The SMILES string of the molecule is CCOc1ccccc1NC(=O)C1=C(C)Nc2nnnn2C1c1cc(Br)c(OCc2ccc(C(C)(C)C)cc2)c(OC)c1. The van der Waals surface area contributed by atoms with Gasteiger partial charge in [-0.2, -0.15) is 4.68 Å². The van der Waals surface area contributed by atoms with Crippen molar-refractivity contribution in [1.29, 1.82) is 0 Å². The van der Waals surface area contributed by atoms with E-state index < -0.39 is 6.04 Å². The Hall–Kier alpha value is -4.38. The number of amides is 1. The molecule has 3 aromatic carbocycles. The van der Waals surface area contributed by atoms with Crippen LogP contribution in [-0.4, -0.2) is 39.8 Å². The van der Waals surface area contributed by atoms with Gasteiger partial charge < -0.3 is 24.8 Å². The Labute approximate surface area is 259 Å². The fourth-order valence-electron chi connectivity index (χ4n) is 4.95. The maximum Gasteiger partial charge on any atom is 0.255 e. The molecule has 2 heterocycles. The molecule has 0 fully saturated rings. The highest BCUT2D eigenvalue weighted by Gasteiger charge is 2.35. The van der Waals surface area contributed by atoms with Crippen molar-refractivity contribution >= 4 is 33.5 Å². The largest absolute Gasteiger partial charge is 0.493 e. The molecule has 5 rings (SSSR count). The minimum Gasteiger partial charge on any atom is -0.493 e. The number of rotatable bonds is 9. The standard InChI is InChI=1S/C32H35BrN6O4/c1-7-42-25-11-9-8-10-24(25)35-30(40)27-19(2)34-31-36-37-38-39(31)28(27)21-16-23(33)29(26(17-21)41-6)43-18-20-12-14-22(15-13-20)32(3,4)5/h8-17,28H,7,18H2,1-6H3,(H,35,40)(H,34,36,38). The zero-order valence-electron chi connectivity index (χ0n) is 25.1. The van der Waals surface area contributed by atoms with E-state index >= 15 is 0 Å². The molecule has 0 spiro atoms. The zero-order valence-corrected chi connectivity index (χ0v) is 26.7. The van der Waals surface area contributed by atoms with Gasteiger partial charge >= 0.3 is 0 Å². The van der Waals surface area contributed by atoms with Crippen molar-refractivity contribution in [3.8, 4) is 17.2 Å². The van der Waals surface area contributed by atoms with Crippen molar-refractivity contribution < 1.29 is 19.0 Å². The molecule has 10 nitrogen and oxygen atoms in total. The second-order valence-electron chi connectivity index (χ2n) is 11.2. The molecule has 11 heteroatoms. The van der Waals surface area contributed by atoms with Gasteiger partial charge in [-0.1, -0.05) is 62.3 Å². The molecule has 4 aromatic rings. The monoisotopic (exact) mass is 646 g/mol. The summed E-state index contributed by atoms with van der Waals surface area (Å²) < 4.78 is 20.0. The Balaban J connectivity index is 1.47. The van der Waals surface area contributed by atoms with Crippen molar-refractivity contribution in [3.63, 3.8) is 0 Å². The van der Waals surface area contributed by atoms with Gasteiger partial charge in [-0.05, 0) is 86.6 Å². The first-order chi connectivity index (χ1) is 20.6. The van der Waals surface area contributed by atoms with Crippen LogP contribution in [0.15, 0.2) is 76.4 Å². The number of hydrogen-bond donors (Lipinski definition) is 2. The van der Waals surface area contributed by atoms with Crippen LogP contribution in [-0.2, 0) is 16.8 Å². The van der Waals surface area contributed by atoms with Gasteiger partial charge in [0.1, 0.15) is 18.4 Å². The number of ether oxygens (including phenoxy) is 3. The van der Waals surface area contributed by atoms with E-state index in [1.54, 1.807) is 17.9 Å². The fraction of sp³-hybridized carbons (Fsp3) is 0.312. The zero-order chi connectivity index (χ0) is 30.7. The van der Waals surface area contributed by atoms with E-state index in [0.29, 0.717) is 57.8 Å². The van der Waals surface area contributed by atoms with Crippen molar-refractivity contribution in [1.82, 2.24) is 20.2 Å². The summed E-state index contributed by atoms with van der Waals surface area (Å²) in [5, 5.41) is 18.3. The van der Waals surface area contributed by atoms with Crippen LogP contribution in [0.25, 0.3) is 0 Å². The van der Waals surface area contributed by atoms with E-state index in [9.17, 15) is 4.79 Å². The lowest BCUT2D eigenvalue weighted by molar-refractivity contribution is -0.113. The fourth-order valence-corrected chi connectivity index (χ4v) is 5.52. The quantitative estimate of drug-likeness (QED) is 0.208. The third kappa shape index (κ3) is 6.36. The van der Waals surface area contributed by atoms with E-state index in [1.165, 1.54) is 5.56 Å². The van der Waals surface area contributed by atoms with E-state index in [0.717, 1.165) is 11.1 Å². The van der Waals surface area contributed by atoms with E-state index in [-0.39, 0.29) is 11.3 Å². The molecule has 43 heavy (non-hydrogen) atoms. The van der Waals surface area contributed by atoms with Crippen LogP contribution in [0.1, 0.15) is 57.4 Å². The van der Waals surface area contributed by atoms with Gasteiger partial charge in [0.25, 0.3) is 5.91 Å². The summed E-state index contributed by atoms with van der Waals surface area (Å²) in [6.07, 6.45) is 0. The predicted molar refractivity (Wildman–Crippen MR) is 169 cm³/mol. The Bertz CT molecular complexity index is 1660. The maximum atomic E-state index is 13.9. The van der Waals surface area contributed by atoms with E-state index in [4.69, 9.17) is 14.2 Å². The number of benzene rings is 3. The topological polar surface area (TPSA) is 112 Å². The number of hydrogen-bond acceptors (Lipinski definition) is 8. The molecule has 0 saturated heterocycles. The number of allylic oxidation sites excluding steroid dienone is 1. The van der Waals surface area contributed by atoms with Gasteiger partial charge in [-0.25, -0.2) is 0 Å². The molecule has 0 bridgehead atoms. The molecule has 1 aromatic heterocycles. The third-order valence-corrected chi connectivity index (χ3v) is 7.75. The lowest BCUT2D eigenvalue weighted by atomic mass is 9.87. The van der Waals surface area contributed by atoms with Gasteiger partial charge in [-0.3, -0.25) is 4.79 Å². The molecular weight excluding hydrogens is 612 g/mol. The van der Waals surface area contributed by atoms with Gasteiger partial charge in [0.15, 0.2) is 11.5 Å². The van der Waals surface area contributed by atoms with E-state index in [2.05, 4.69) is 87.1 Å². The summed E-state index contributed by atoms with van der Waals surface area (Å²) in [5.74, 6) is 1.73. The van der Waals surface area contributed by atoms with E-state index in [1.807, 2.05) is 44.2 Å². The maximum absolute atomic E-state index is 13.9. The molecule has 1 aliphatic heterocycles. The van der Waals surface area contributed by atoms with Crippen LogP contribution >= 0.6 is 15.9 Å². The Morgan fingerprint density at radius 3 is 2.51 bits per heavy atom. The van der Waals surface area contributed by atoms with Crippen LogP contribution in [0.3, 0.4) is 0 Å². The predicted octanol–water partition coefficient (Wildman–Crippen LogP) is 6.65. The minimum atomic E-state index is -0.658. The van der Waals surface area contributed by atoms with Crippen molar-refractivity contribution in [3.05, 3.63) is 93.1 Å². The lowest BCUT2D eigenvalue weighted by Crippen LogP contribution is -2.31. The highest BCUT2D eigenvalue weighted by molar-refractivity contribution is 9.10. The summed E-state index contributed by atoms with van der Waals surface area (Å²) in [6, 6.07) is 18.8. The van der Waals surface area contributed by atoms with Crippen LogP contribution in [0.4, 0.5) is 11.6 Å². The smallest absolute Gasteiger partial charge is 0.255 e. The number of methoxy groups -OCH3 is 1. The Morgan fingerprint density at radius 1 is 1.07 bits per heavy atom. The second-order valence-corrected chi connectivity index (χ2v) is 12.0. The first-order valence-electron chi connectivity index (χ1n) is 14.0. The minimum absolute atomic E-state index is 0.0742. The van der Waals surface area contributed by atoms with Crippen molar-refractivity contribution in [2.24, 2.45) is 0 Å². The summed E-state index contributed by atoms with van der Waals surface area (Å²) in [4.78, 5) is 13.9. The molecule has 1 amide bonds. The second kappa shape index (κ2) is 12.5. The summed E-state index contributed by atoms with van der Waals surface area (Å²) >= 11 is 3.69. The summed E-state index contributed by atoms with van der Waals surface area (Å²) in [7, 11) is 1.58. The number of tetrazole rings is 1. The number of carbonyl (C=O) groups excluding carboxylic acids is 1. The van der Waals surface area contributed by atoms with Crippen LogP contribution in [0.5, 0.6) is 17.2 Å². The van der Waals surface area contributed by atoms with Gasteiger partial charge in [0, 0.05) is 5.70 Å². The summed E-state index contributed by atoms with van der Waals surface area (Å²) in [6.45, 7) is 11.1. The van der Waals surface area contributed by atoms with Crippen molar-refractivity contribution in [2.75, 3.05) is 24.4 Å². The lowest BCUT2D eigenvalue weighted by Gasteiger charge is -2.29. The number of fused-ring (bicyclic) bond motifs is 1. The number of aromatic nitrogens is 4. The average Bonchev–Trinajstić information content (AvgIpc) is 3.44. The normalized spacial score (nSPS) is 14.5. The van der Waals surface area contributed by atoms with Crippen LogP contribution < -0.4 is 24.8 Å². The molecule has 224 valence electrons. The van der Waals surface area contributed by atoms with Crippen molar-refractivity contribution in [2.45, 2.75) is 52.7 Å². The number of carbonyl (C=O) groups is 1. The Kier molecular flexibility index (Phi) is 8.72. The molecule has 1 aliphatic rings. The third-order valence-electron chi connectivity index (χ3n) is 7.16. The number of nitrogens with one attached hydrogen (secondary N) is 2. The highest BCUT2D eigenvalue weighted by Crippen LogP contribution is 2.43. The van der Waals surface area contributed by atoms with Gasteiger partial charge in [-0.15, -0.1) is 0 Å². The first kappa shape index (κ1) is 30.1. The van der Waals surface area contributed by atoms with Crippen LogP contribution in [0, 0.1) is 0 Å². The van der Waals surface area contributed by atoms with Gasteiger partial charge in [0.2, 0.25) is 5.95 Å². The number of para-hydroxylation sites is 2. The molecule has 0 radical (unpaired) electrons. The molecule has 0 aliphatic carbocycles. The first-order valence-corrected chi connectivity index (χ1v) is 14.8. The molecule has 0 saturated carbocycles.